The van der Waals surface area contributed by atoms with Gasteiger partial charge in [0.1, 0.15) is 6.61 Å². The first-order valence-electron chi connectivity index (χ1n) is 4.73. The maximum Gasteiger partial charge on any atom is 0.211 e. The molecule has 0 aliphatic heterocycles. The maximum absolute atomic E-state index is 5.46. The highest BCUT2D eigenvalue weighted by molar-refractivity contribution is 4.89. The lowest BCUT2D eigenvalue weighted by molar-refractivity contribution is -0.225. The standard InChI is InChI=1S/C10H20O3/c1-5-10(12-7-3,13-8-4)9-11-6-2/h5H,1,6-9H2,2-4H3. The Balaban J connectivity index is 4.16. The molecular weight excluding hydrogens is 168 g/mol. The van der Waals surface area contributed by atoms with Crippen molar-refractivity contribution in [1.82, 2.24) is 0 Å². The summed E-state index contributed by atoms with van der Waals surface area (Å²) in [4.78, 5) is 0. The maximum atomic E-state index is 5.46. The van der Waals surface area contributed by atoms with Crippen molar-refractivity contribution < 1.29 is 14.2 Å². The first-order chi connectivity index (χ1) is 6.24. The summed E-state index contributed by atoms with van der Waals surface area (Å²) in [5.41, 5.74) is 0. The molecule has 3 nitrogen and oxygen atoms in total. The minimum absolute atomic E-state index is 0.397. The zero-order valence-corrected chi connectivity index (χ0v) is 8.84. The van der Waals surface area contributed by atoms with E-state index >= 15 is 0 Å². The molecule has 0 aliphatic carbocycles. The van der Waals surface area contributed by atoms with Gasteiger partial charge in [0.05, 0.1) is 0 Å². The lowest BCUT2D eigenvalue weighted by atomic mass is 10.3. The van der Waals surface area contributed by atoms with Crippen LogP contribution in [-0.4, -0.2) is 32.2 Å². The van der Waals surface area contributed by atoms with Crippen LogP contribution in [0.15, 0.2) is 12.7 Å². The second-order valence-electron chi connectivity index (χ2n) is 2.52. The summed E-state index contributed by atoms with van der Waals surface area (Å²) in [7, 11) is 0. The Kier molecular flexibility index (Phi) is 6.86. The molecule has 0 N–H and O–H groups in total. The average Bonchev–Trinajstić information content (AvgIpc) is 2.15. The lowest BCUT2D eigenvalue weighted by Crippen LogP contribution is -2.39. The summed E-state index contributed by atoms with van der Waals surface area (Å²) >= 11 is 0. The van der Waals surface area contributed by atoms with E-state index in [2.05, 4.69) is 6.58 Å². The van der Waals surface area contributed by atoms with Gasteiger partial charge in [0.25, 0.3) is 0 Å². The highest BCUT2D eigenvalue weighted by atomic mass is 16.7. The molecule has 78 valence electrons. The summed E-state index contributed by atoms with van der Waals surface area (Å²) in [5.74, 6) is -0.764. The molecule has 0 aliphatic rings. The van der Waals surface area contributed by atoms with Crippen molar-refractivity contribution in [3.05, 3.63) is 12.7 Å². The van der Waals surface area contributed by atoms with E-state index in [0.29, 0.717) is 26.4 Å². The molecule has 0 bridgehead atoms. The molecule has 0 atom stereocenters. The van der Waals surface area contributed by atoms with Crippen LogP contribution in [0.1, 0.15) is 20.8 Å². The van der Waals surface area contributed by atoms with Crippen LogP contribution in [0.3, 0.4) is 0 Å². The van der Waals surface area contributed by atoms with E-state index in [9.17, 15) is 0 Å². The topological polar surface area (TPSA) is 27.7 Å². The van der Waals surface area contributed by atoms with Crippen LogP contribution in [0.5, 0.6) is 0 Å². The Labute approximate surface area is 80.7 Å². The first kappa shape index (κ1) is 12.6. The van der Waals surface area contributed by atoms with Crippen LogP contribution in [0.25, 0.3) is 0 Å². The van der Waals surface area contributed by atoms with Gasteiger partial charge in [-0.1, -0.05) is 6.58 Å². The van der Waals surface area contributed by atoms with E-state index in [4.69, 9.17) is 14.2 Å². The van der Waals surface area contributed by atoms with Crippen molar-refractivity contribution in [3.8, 4) is 0 Å². The summed E-state index contributed by atoms with van der Waals surface area (Å²) in [6.45, 7) is 11.7. The van der Waals surface area contributed by atoms with Gasteiger partial charge in [-0.15, -0.1) is 0 Å². The molecule has 0 fully saturated rings. The molecular formula is C10H20O3. The van der Waals surface area contributed by atoms with Gasteiger partial charge in [-0.05, 0) is 26.8 Å². The summed E-state index contributed by atoms with van der Waals surface area (Å²) in [5, 5.41) is 0. The number of hydrogen-bond acceptors (Lipinski definition) is 3. The molecule has 0 amide bonds. The van der Waals surface area contributed by atoms with Crippen molar-refractivity contribution in [2.75, 3.05) is 26.4 Å². The Hall–Kier alpha value is -0.380. The van der Waals surface area contributed by atoms with Crippen LogP contribution in [0.4, 0.5) is 0 Å². The molecule has 0 saturated carbocycles. The van der Waals surface area contributed by atoms with Crippen molar-refractivity contribution in [2.24, 2.45) is 0 Å². The predicted molar refractivity (Wildman–Crippen MR) is 52.7 cm³/mol. The second kappa shape index (κ2) is 7.06. The van der Waals surface area contributed by atoms with E-state index in [1.165, 1.54) is 0 Å². The van der Waals surface area contributed by atoms with Crippen molar-refractivity contribution >= 4 is 0 Å². The van der Waals surface area contributed by atoms with Crippen molar-refractivity contribution in [3.63, 3.8) is 0 Å². The third-order valence-corrected chi connectivity index (χ3v) is 1.60. The lowest BCUT2D eigenvalue weighted by Gasteiger charge is -2.29. The quantitative estimate of drug-likeness (QED) is 0.430. The van der Waals surface area contributed by atoms with Gasteiger partial charge in [-0.25, -0.2) is 0 Å². The molecule has 3 heteroatoms. The third kappa shape index (κ3) is 4.41. The predicted octanol–water partition coefficient (Wildman–Crippen LogP) is 1.98. The fourth-order valence-electron chi connectivity index (χ4n) is 1.03. The number of ether oxygens (including phenoxy) is 3. The van der Waals surface area contributed by atoms with Gasteiger partial charge in [0.15, 0.2) is 0 Å². The third-order valence-electron chi connectivity index (χ3n) is 1.60. The summed E-state index contributed by atoms with van der Waals surface area (Å²) in [6.07, 6.45) is 1.65. The minimum Gasteiger partial charge on any atom is -0.376 e. The highest BCUT2D eigenvalue weighted by Gasteiger charge is 2.27. The Morgan fingerprint density at radius 2 is 1.62 bits per heavy atom. The number of rotatable bonds is 8. The summed E-state index contributed by atoms with van der Waals surface area (Å²) < 4.78 is 16.2. The van der Waals surface area contributed by atoms with Gasteiger partial charge in [0, 0.05) is 19.8 Å². The summed E-state index contributed by atoms with van der Waals surface area (Å²) in [6, 6.07) is 0. The highest BCUT2D eigenvalue weighted by Crippen LogP contribution is 2.15. The molecule has 0 saturated heterocycles. The molecule has 0 rings (SSSR count). The Morgan fingerprint density at radius 3 is 1.92 bits per heavy atom. The molecule has 13 heavy (non-hydrogen) atoms. The van der Waals surface area contributed by atoms with Gasteiger partial charge < -0.3 is 14.2 Å². The molecule has 0 aromatic carbocycles. The van der Waals surface area contributed by atoms with E-state index in [0.717, 1.165) is 0 Å². The van der Waals surface area contributed by atoms with Gasteiger partial charge in [-0.2, -0.15) is 0 Å². The van der Waals surface area contributed by atoms with E-state index < -0.39 is 5.79 Å². The average molecular weight is 188 g/mol. The second-order valence-corrected chi connectivity index (χ2v) is 2.52. The van der Waals surface area contributed by atoms with Crippen molar-refractivity contribution in [1.29, 1.82) is 0 Å². The van der Waals surface area contributed by atoms with Crippen LogP contribution in [-0.2, 0) is 14.2 Å². The van der Waals surface area contributed by atoms with Gasteiger partial charge in [0.2, 0.25) is 5.79 Å². The molecule has 0 spiro atoms. The Bertz CT molecular complexity index is 128. The van der Waals surface area contributed by atoms with Crippen molar-refractivity contribution in [2.45, 2.75) is 26.6 Å². The van der Waals surface area contributed by atoms with Crippen LogP contribution in [0.2, 0.25) is 0 Å². The zero-order valence-electron chi connectivity index (χ0n) is 8.84. The molecule has 0 radical (unpaired) electrons. The largest absolute Gasteiger partial charge is 0.376 e. The van der Waals surface area contributed by atoms with E-state index in [1.54, 1.807) is 6.08 Å². The van der Waals surface area contributed by atoms with Gasteiger partial charge in [-0.3, -0.25) is 0 Å². The van der Waals surface area contributed by atoms with Crippen LogP contribution < -0.4 is 0 Å². The van der Waals surface area contributed by atoms with Gasteiger partial charge >= 0.3 is 0 Å². The van der Waals surface area contributed by atoms with E-state index in [1.807, 2.05) is 20.8 Å². The van der Waals surface area contributed by atoms with Crippen LogP contribution in [0, 0.1) is 0 Å². The normalized spacial score (nSPS) is 11.6. The minimum atomic E-state index is -0.764. The fourth-order valence-corrected chi connectivity index (χ4v) is 1.03. The Morgan fingerprint density at radius 1 is 1.08 bits per heavy atom. The zero-order chi connectivity index (χ0) is 10.2. The monoisotopic (exact) mass is 188 g/mol. The van der Waals surface area contributed by atoms with Crippen LogP contribution >= 0.6 is 0 Å². The first-order valence-corrected chi connectivity index (χ1v) is 4.73. The fraction of sp³-hybridized carbons (Fsp3) is 0.800. The van der Waals surface area contributed by atoms with E-state index in [-0.39, 0.29) is 0 Å². The number of hydrogen-bond donors (Lipinski definition) is 0. The molecule has 0 aromatic rings. The molecule has 0 aromatic heterocycles. The SMILES string of the molecule is C=CC(COCC)(OCC)OCC. The smallest absolute Gasteiger partial charge is 0.211 e. The molecule has 0 heterocycles. The molecule has 0 unspecified atom stereocenters.